The number of aromatic hydroxyl groups is 1. The Morgan fingerprint density at radius 3 is 2.49 bits per heavy atom. The topological polar surface area (TPSA) is 167 Å². The molecule has 3 unspecified atom stereocenters. The highest BCUT2D eigenvalue weighted by Gasteiger charge is 2.69. The Morgan fingerprint density at radius 1 is 1.22 bits per heavy atom. The number of nitrogens with one attached hydrogen (secondary N) is 1. The van der Waals surface area contributed by atoms with Crippen molar-refractivity contribution in [2.75, 3.05) is 20.6 Å². The average Bonchev–Trinajstić information content (AvgIpc) is 2.82. The van der Waals surface area contributed by atoms with E-state index in [4.69, 9.17) is 5.73 Å². The van der Waals surface area contributed by atoms with Gasteiger partial charge >= 0.3 is 0 Å². The zero-order valence-corrected chi connectivity index (χ0v) is 21.6. The molecule has 0 saturated heterocycles. The summed E-state index contributed by atoms with van der Waals surface area (Å²) in [5, 5.41) is 25.6. The number of carbonyl (C=O) groups is 5. The molecule has 1 amide bonds. The third kappa shape index (κ3) is 4.11. The van der Waals surface area contributed by atoms with Crippen LogP contribution in [0.3, 0.4) is 0 Å². The number of amides is 1. The summed E-state index contributed by atoms with van der Waals surface area (Å²) in [5.74, 6) is -9.82. The van der Waals surface area contributed by atoms with Crippen molar-refractivity contribution < 1.29 is 34.2 Å². The van der Waals surface area contributed by atoms with E-state index in [1.54, 1.807) is 20.2 Å². The van der Waals surface area contributed by atoms with Crippen LogP contribution in [0.4, 0.5) is 0 Å². The zero-order valence-electron chi connectivity index (χ0n) is 21.6. The van der Waals surface area contributed by atoms with Crippen LogP contribution in [-0.2, 0) is 32.1 Å². The number of phenols is 1. The fourth-order valence-corrected chi connectivity index (χ4v) is 6.43. The molecule has 2 fully saturated rings. The normalized spacial score (nSPS) is 32.1. The number of phenolic OH excluding ortho intramolecular Hbond substituents is 1. The van der Waals surface area contributed by atoms with Gasteiger partial charge in [-0.15, -0.1) is 0 Å². The van der Waals surface area contributed by atoms with E-state index in [0.717, 1.165) is 18.5 Å². The van der Waals surface area contributed by atoms with Crippen LogP contribution < -0.4 is 11.1 Å². The molecule has 3 aliphatic rings. The van der Waals surface area contributed by atoms with Crippen molar-refractivity contribution >= 4 is 29.0 Å². The third-order valence-corrected chi connectivity index (χ3v) is 8.55. The Labute approximate surface area is 215 Å². The number of Topliss-reactive ketones (excluding diaryl/α,β-unsaturated/α-hetero) is 4. The van der Waals surface area contributed by atoms with Crippen LogP contribution in [0.1, 0.15) is 48.2 Å². The van der Waals surface area contributed by atoms with Crippen molar-refractivity contribution in [2.45, 2.75) is 51.3 Å². The van der Waals surface area contributed by atoms with Crippen LogP contribution in [0.2, 0.25) is 0 Å². The van der Waals surface area contributed by atoms with E-state index in [1.165, 1.54) is 11.0 Å². The predicted molar refractivity (Wildman–Crippen MR) is 133 cm³/mol. The SMILES string of the molecule is CCC(C)CNCc1ccc(O)c2c1C[C@H]1C[C@H]3[C@H](N(C)C)C(=O)C(C(N)=O)C(=O)[C@@]3(O)C(=O)C1C2=O. The Hall–Kier alpha value is -2.95. The molecule has 0 aliphatic heterocycles. The van der Waals surface area contributed by atoms with Gasteiger partial charge < -0.3 is 21.3 Å². The first kappa shape index (κ1) is 27.1. The Balaban J connectivity index is 1.76. The maximum Gasteiger partial charge on any atom is 0.235 e. The highest BCUT2D eigenvalue weighted by molar-refractivity contribution is 6.32. The molecule has 10 heteroatoms. The van der Waals surface area contributed by atoms with Crippen LogP contribution in [0, 0.1) is 29.6 Å². The lowest BCUT2D eigenvalue weighted by Crippen LogP contribution is -2.74. The van der Waals surface area contributed by atoms with Gasteiger partial charge in [0.1, 0.15) is 5.75 Å². The highest BCUT2D eigenvalue weighted by Crippen LogP contribution is 2.51. The number of fused-ring (bicyclic) bond motifs is 3. The van der Waals surface area contributed by atoms with Crippen molar-refractivity contribution in [2.24, 2.45) is 35.3 Å². The predicted octanol–water partition coefficient (Wildman–Crippen LogP) is 0.00270. The lowest BCUT2D eigenvalue weighted by Gasteiger charge is -2.52. The van der Waals surface area contributed by atoms with Gasteiger partial charge in [0.2, 0.25) is 5.91 Å². The van der Waals surface area contributed by atoms with Gasteiger partial charge in [-0.3, -0.25) is 28.9 Å². The summed E-state index contributed by atoms with van der Waals surface area (Å²) in [6.45, 7) is 5.47. The number of ketones is 4. The van der Waals surface area contributed by atoms with Crippen LogP contribution in [0.5, 0.6) is 5.75 Å². The third-order valence-electron chi connectivity index (χ3n) is 8.55. The molecule has 10 nitrogen and oxygen atoms in total. The monoisotopic (exact) mass is 513 g/mol. The fourth-order valence-electron chi connectivity index (χ4n) is 6.43. The largest absolute Gasteiger partial charge is 0.507 e. The number of primary amides is 1. The van der Waals surface area contributed by atoms with Gasteiger partial charge in [0.25, 0.3) is 0 Å². The second-order valence-electron chi connectivity index (χ2n) is 11.0. The van der Waals surface area contributed by atoms with Gasteiger partial charge in [-0.2, -0.15) is 0 Å². The van der Waals surface area contributed by atoms with Crippen molar-refractivity contribution in [1.29, 1.82) is 0 Å². The van der Waals surface area contributed by atoms with E-state index in [0.29, 0.717) is 18.0 Å². The number of nitrogens with two attached hydrogens (primary N) is 1. The Morgan fingerprint density at radius 2 is 1.89 bits per heavy atom. The molecule has 5 N–H and O–H groups in total. The van der Waals surface area contributed by atoms with Crippen molar-refractivity contribution in [1.82, 2.24) is 10.2 Å². The highest BCUT2D eigenvalue weighted by atomic mass is 16.3. The molecule has 0 radical (unpaired) electrons. The molecule has 7 atom stereocenters. The molecule has 0 bridgehead atoms. The number of aliphatic hydroxyl groups is 1. The number of likely N-dealkylation sites (N-methyl/N-ethyl adjacent to an activating group) is 1. The van der Waals surface area contributed by atoms with E-state index in [2.05, 4.69) is 19.2 Å². The van der Waals surface area contributed by atoms with Gasteiger partial charge in [-0.1, -0.05) is 26.3 Å². The van der Waals surface area contributed by atoms with Crippen LogP contribution >= 0.6 is 0 Å². The van der Waals surface area contributed by atoms with E-state index >= 15 is 0 Å². The van der Waals surface area contributed by atoms with Gasteiger partial charge in [0, 0.05) is 12.5 Å². The number of carbonyl (C=O) groups excluding carboxylic acids is 5. The van der Waals surface area contributed by atoms with Gasteiger partial charge in [-0.25, -0.2) is 0 Å². The van der Waals surface area contributed by atoms with Crippen LogP contribution in [-0.4, -0.2) is 76.4 Å². The molecule has 200 valence electrons. The number of nitrogens with zero attached hydrogens (tertiary/aromatic N) is 1. The lowest BCUT2D eigenvalue weighted by atomic mass is 9.52. The number of hydrogen-bond acceptors (Lipinski definition) is 9. The fraction of sp³-hybridized carbons (Fsp3) is 0.593. The van der Waals surface area contributed by atoms with Crippen LogP contribution in [0.25, 0.3) is 0 Å². The summed E-state index contributed by atoms with van der Waals surface area (Å²) >= 11 is 0. The van der Waals surface area contributed by atoms with Gasteiger partial charge in [-0.05, 0) is 62.5 Å². The number of rotatable bonds is 7. The summed E-state index contributed by atoms with van der Waals surface area (Å²) in [6, 6.07) is 2.06. The maximum absolute atomic E-state index is 13.8. The smallest absolute Gasteiger partial charge is 0.235 e. The second-order valence-corrected chi connectivity index (χ2v) is 11.0. The standard InChI is InChI=1S/C27H35N3O7/c1-5-12(2)10-29-11-13-6-7-17(31)19-15(13)8-14-9-16-21(30(3)4)23(33)20(26(28)36)25(35)27(16,37)24(34)18(14)22(19)32/h6-7,12,14,16,18,20-21,29,31,37H,5,8-11H2,1-4H3,(H2,28,36)/t12?,14-,16-,18?,20?,21-,27-/m0/s1. The summed E-state index contributed by atoms with van der Waals surface area (Å²) in [6.07, 6.45) is 1.32. The number of hydrogen-bond donors (Lipinski definition) is 4. The van der Waals surface area contributed by atoms with Crippen molar-refractivity contribution in [3.8, 4) is 5.75 Å². The number of benzene rings is 1. The van der Waals surface area contributed by atoms with E-state index in [9.17, 15) is 34.2 Å². The Kier molecular flexibility index (Phi) is 7.13. The molecule has 1 aromatic rings. The second kappa shape index (κ2) is 9.74. The van der Waals surface area contributed by atoms with Crippen molar-refractivity contribution in [3.05, 3.63) is 28.8 Å². The molecule has 0 spiro atoms. The quantitative estimate of drug-likeness (QED) is 0.367. The van der Waals surface area contributed by atoms with Gasteiger partial charge in [0.05, 0.1) is 17.5 Å². The molecule has 1 aromatic carbocycles. The minimum Gasteiger partial charge on any atom is -0.507 e. The summed E-state index contributed by atoms with van der Waals surface area (Å²) in [7, 11) is 3.13. The minimum atomic E-state index is -2.71. The van der Waals surface area contributed by atoms with Gasteiger partial charge in [0.15, 0.2) is 34.7 Å². The minimum absolute atomic E-state index is 0.0226. The first-order valence-corrected chi connectivity index (χ1v) is 12.7. The molecule has 3 aliphatic carbocycles. The first-order valence-electron chi connectivity index (χ1n) is 12.7. The van der Waals surface area contributed by atoms with E-state index in [1.807, 2.05) is 0 Å². The molecular weight excluding hydrogens is 478 g/mol. The average molecular weight is 514 g/mol. The van der Waals surface area contributed by atoms with Crippen LogP contribution in [0.15, 0.2) is 12.1 Å². The zero-order chi connectivity index (χ0) is 27.4. The molecular formula is C27H35N3O7. The first-order chi connectivity index (χ1) is 17.4. The molecule has 4 rings (SSSR count). The van der Waals surface area contributed by atoms with E-state index < -0.39 is 64.4 Å². The van der Waals surface area contributed by atoms with E-state index in [-0.39, 0.29) is 24.2 Å². The molecule has 2 saturated carbocycles. The Bertz CT molecular complexity index is 1180. The summed E-state index contributed by atoms with van der Waals surface area (Å²) in [4.78, 5) is 67.4. The molecule has 0 heterocycles. The molecule has 37 heavy (non-hydrogen) atoms. The maximum atomic E-state index is 13.8. The lowest BCUT2D eigenvalue weighted by molar-refractivity contribution is -0.181. The molecule has 0 aromatic heterocycles. The summed E-state index contributed by atoms with van der Waals surface area (Å²) < 4.78 is 0. The summed E-state index contributed by atoms with van der Waals surface area (Å²) in [5.41, 5.74) is 4.11. The van der Waals surface area contributed by atoms with Crippen molar-refractivity contribution in [3.63, 3.8) is 0 Å².